The van der Waals surface area contributed by atoms with E-state index >= 15 is 0 Å². The number of carbonyl (C=O) groups is 1. The predicted molar refractivity (Wildman–Crippen MR) is 73.4 cm³/mol. The molecule has 0 bridgehead atoms. The minimum absolute atomic E-state index is 0.0142. The Morgan fingerprint density at radius 2 is 2.00 bits per heavy atom. The molecule has 3 nitrogen and oxygen atoms in total. The second kappa shape index (κ2) is 5.73. The molecule has 0 aliphatic carbocycles. The number of nitrogens with one attached hydrogen (secondary N) is 1. The first-order valence-electron chi connectivity index (χ1n) is 5.89. The van der Waals surface area contributed by atoms with Gasteiger partial charge in [0.05, 0.1) is 11.1 Å². The van der Waals surface area contributed by atoms with Gasteiger partial charge in [-0.1, -0.05) is 17.7 Å². The molecule has 0 unspecified atom stereocenters. The lowest BCUT2D eigenvalue weighted by Gasteiger charge is -2.12. The molecule has 0 saturated carbocycles. The molecule has 0 atom stereocenters. The summed E-state index contributed by atoms with van der Waals surface area (Å²) in [5.74, 6) is -0.615. The van der Waals surface area contributed by atoms with Gasteiger partial charge in [0.1, 0.15) is 5.15 Å². The van der Waals surface area contributed by atoms with Crippen molar-refractivity contribution >= 4 is 23.2 Å². The van der Waals surface area contributed by atoms with Crippen LogP contribution in [0, 0.1) is 6.92 Å². The van der Waals surface area contributed by atoms with Crippen molar-refractivity contribution in [1.29, 1.82) is 0 Å². The summed E-state index contributed by atoms with van der Waals surface area (Å²) in [6.07, 6.45) is -3.06. The summed E-state index contributed by atoms with van der Waals surface area (Å²) in [5, 5.41) is 2.40. The minimum atomic E-state index is -4.47. The van der Waals surface area contributed by atoms with Gasteiger partial charge in [0.25, 0.3) is 5.91 Å². The zero-order chi connectivity index (χ0) is 15.6. The SMILES string of the molecule is Cc1ccc(C(F)(F)F)cc1NC(=O)c1cccnc1Cl. The monoisotopic (exact) mass is 314 g/mol. The molecule has 1 amide bonds. The molecule has 0 radical (unpaired) electrons. The first-order valence-corrected chi connectivity index (χ1v) is 6.26. The average molecular weight is 315 g/mol. The number of hydrogen-bond acceptors (Lipinski definition) is 2. The highest BCUT2D eigenvalue weighted by Gasteiger charge is 2.31. The topological polar surface area (TPSA) is 42.0 Å². The van der Waals surface area contributed by atoms with Crippen LogP contribution in [0.3, 0.4) is 0 Å². The lowest BCUT2D eigenvalue weighted by molar-refractivity contribution is -0.137. The number of aromatic nitrogens is 1. The first kappa shape index (κ1) is 15.3. The highest BCUT2D eigenvalue weighted by Crippen LogP contribution is 2.32. The van der Waals surface area contributed by atoms with Crippen molar-refractivity contribution < 1.29 is 18.0 Å². The summed E-state index contributed by atoms with van der Waals surface area (Å²) < 4.78 is 38.0. The second-order valence-corrected chi connectivity index (χ2v) is 4.68. The molecule has 1 aromatic carbocycles. The number of benzene rings is 1. The van der Waals surface area contributed by atoms with E-state index in [4.69, 9.17) is 11.6 Å². The van der Waals surface area contributed by atoms with Crippen molar-refractivity contribution in [3.63, 3.8) is 0 Å². The molecule has 2 aromatic rings. The van der Waals surface area contributed by atoms with Crippen LogP contribution in [0.25, 0.3) is 0 Å². The van der Waals surface area contributed by atoms with Crippen LogP contribution < -0.4 is 5.32 Å². The molecular weight excluding hydrogens is 305 g/mol. The maximum absolute atomic E-state index is 12.7. The van der Waals surface area contributed by atoms with Crippen LogP contribution in [0.15, 0.2) is 36.5 Å². The Morgan fingerprint density at radius 1 is 1.29 bits per heavy atom. The molecular formula is C14H10ClF3N2O. The Hall–Kier alpha value is -2.08. The zero-order valence-electron chi connectivity index (χ0n) is 10.8. The molecule has 0 aliphatic heterocycles. The molecule has 0 saturated heterocycles. The Kier molecular flexibility index (Phi) is 4.18. The van der Waals surface area contributed by atoms with Gasteiger partial charge >= 0.3 is 6.18 Å². The summed E-state index contributed by atoms with van der Waals surface area (Å²) in [6, 6.07) is 6.09. The van der Waals surface area contributed by atoms with Gasteiger partial charge in [-0.3, -0.25) is 4.79 Å². The number of rotatable bonds is 2. The second-order valence-electron chi connectivity index (χ2n) is 4.32. The molecule has 2 rings (SSSR count). The van der Waals surface area contributed by atoms with E-state index in [9.17, 15) is 18.0 Å². The standard InChI is InChI=1S/C14H10ClF3N2O/c1-8-4-5-9(14(16,17)18)7-11(8)20-13(21)10-3-2-6-19-12(10)15/h2-7H,1H3,(H,20,21). The maximum Gasteiger partial charge on any atom is 0.416 e. The van der Waals surface area contributed by atoms with Gasteiger partial charge in [0, 0.05) is 11.9 Å². The van der Waals surface area contributed by atoms with Crippen molar-refractivity contribution in [2.75, 3.05) is 5.32 Å². The number of aryl methyl sites for hydroxylation is 1. The summed E-state index contributed by atoms with van der Waals surface area (Å²) >= 11 is 5.78. The lowest BCUT2D eigenvalue weighted by atomic mass is 10.1. The normalized spacial score (nSPS) is 11.3. The van der Waals surface area contributed by atoms with E-state index in [2.05, 4.69) is 10.3 Å². The number of pyridine rings is 1. The number of hydrogen-bond donors (Lipinski definition) is 1. The fourth-order valence-electron chi connectivity index (χ4n) is 1.68. The number of carbonyl (C=O) groups excluding carboxylic acids is 1. The fraction of sp³-hybridized carbons (Fsp3) is 0.143. The number of nitrogens with zero attached hydrogens (tertiary/aromatic N) is 1. The van der Waals surface area contributed by atoms with E-state index in [-0.39, 0.29) is 16.4 Å². The maximum atomic E-state index is 12.7. The minimum Gasteiger partial charge on any atom is -0.322 e. The van der Waals surface area contributed by atoms with Crippen LogP contribution in [-0.4, -0.2) is 10.9 Å². The summed E-state index contributed by atoms with van der Waals surface area (Å²) in [4.78, 5) is 15.8. The highest BCUT2D eigenvalue weighted by molar-refractivity contribution is 6.33. The summed E-state index contributed by atoms with van der Waals surface area (Å²) in [6.45, 7) is 1.60. The molecule has 0 aliphatic rings. The van der Waals surface area contributed by atoms with Crippen molar-refractivity contribution in [3.05, 3.63) is 58.4 Å². The number of anilines is 1. The quantitative estimate of drug-likeness (QED) is 0.839. The van der Waals surface area contributed by atoms with Crippen molar-refractivity contribution in [2.45, 2.75) is 13.1 Å². The van der Waals surface area contributed by atoms with Gasteiger partial charge in [0.15, 0.2) is 0 Å². The summed E-state index contributed by atoms with van der Waals surface area (Å²) in [7, 11) is 0. The number of alkyl halides is 3. The third-order valence-corrected chi connectivity index (χ3v) is 3.12. The van der Waals surface area contributed by atoms with Gasteiger partial charge in [0.2, 0.25) is 0 Å². The largest absolute Gasteiger partial charge is 0.416 e. The van der Waals surface area contributed by atoms with Crippen LogP contribution >= 0.6 is 11.6 Å². The molecule has 0 fully saturated rings. The molecule has 7 heteroatoms. The number of amides is 1. The Balaban J connectivity index is 2.31. The molecule has 1 N–H and O–H groups in total. The van der Waals surface area contributed by atoms with E-state index in [0.717, 1.165) is 12.1 Å². The van der Waals surface area contributed by atoms with E-state index in [0.29, 0.717) is 5.56 Å². The van der Waals surface area contributed by atoms with Gasteiger partial charge in [-0.15, -0.1) is 0 Å². The third-order valence-electron chi connectivity index (χ3n) is 2.82. The van der Waals surface area contributed by atoms with Crippen LogP contribution in [-0.2, 0) is 6.18 Å². The van der Waals surface area contributed by atoms with Crippen molar-refractivity contribution in [2.24, 2.45) is 0 Å². The molecule has 110 valence electrons. The van der Waals surface area contributed by atoms with Crippen LogP contribution in [0.2, 0.25) is 5.15 Å². The van der Waals surface area contributed by atoms with Crippen LogP contribution in [0.4, 0.5) is 18.9 Å². The average Bonchev–Trinajstić information content (AvgIpc) is 2.40. The molecule has 0 spiro atoms. The fourth-order valence-corrected chi connectivity index (χ4v) is 1.88. The molecule has 1 aromatic heterocycles. The van der Waals surface area contributed by atoms with E-state index < -0.39 is 17.6 Å². The van der Waals surface area contributed by atoms with Crippen molar-refractivity contribution in [3.8, 4) is 0 Å². The Bertz CT molecular complexity index is 686. The van der Waals surface area contributed by atoms with Gasteiger partial charge in [-0.25, -0.2) is 4.98 Å². The highest BCUT2D eigenvalue weighted by atomic mass is 35.5. The van der Waals surface area contributed by atoms with Crippen molar-refractivity contribution in [1.82, 2.24) is 4.98 Å². The van der Waals surface area contributed by atoms with Crippen LogP contribution in [0.1, 0.15) is 21.5 Å². The first-order chi connectivity index (χ1) is 9.79. The lowest BCUT2D eigenvalue weighted by Crippen LogP contribution is -2.15. The summed E-state index contributed by atoms with van der Waals surface area (Å²) in [5.41, 5.74) is -0.150. The van der Waals surface area contributed by atoms with E-state index in [1.165, 1.54) is 24.4 Å². The molecule has 1 heterocycles. The molecule has 21 heavy (non-hydrogen) atoms. The number of halogens is 4. The van der Waals surface area contributed by atoms with Gasteiger partial charge in [-0.2, -0.15) is 13.2 Å². The Labute approximate surface area is 123 Å². The zero-order valence-corrected chi connectivity index (χ0v) is 11.6. The van der Waals surface area contributed by atoms with Crippen LogP contribution in [0.5, 0.6) is 0 Å². The third kappa shape index (κ3) is 3.52. The van der Waals surface area contributed by atoms with Gasteiger partial charge in [-0.05, 0) is 36.8 Å². The smallest absolute Gasteiger partial charge is 0.322 e. The van der Waals surface area contributed by atoms with E-state index in [1.54, 1.807) is 6.92 Å². The van der Waals surface area contributed by atoms with Gasteiger partial charge < -0.3 is 5.32 Å². The van der Waals surface area contributed by atoms with E-state index in [1.807, 2.05) is 0 Å². The predicted octanol–water partition coefficient (Wildman–Crippen LogP) is 4.31. The Morgan fingerprint density at radius 3 is 2.62 bits per heavy atom.